The number of benzene rings is 4. The van der Waals surface area contributed by atoms with E-state index in [1.54, 1.807) is 27.7 Å². The number of hydrogen-bond acceptors (Lipinski definition) is 6. The van der Waals surface area contributed by atoms with Crippen LogP contribution in [0.2, 0.25) is 0 Å². The van der Waals surface area contributed by atoms with Crippen LogP contribution in [-0.4, -0.2) is 84.0 Å². The number of nitrogens with zero attached hydrogens (tertiary/aromatic N) is 4. The van der Waals surface area contributed by atoms with E-state index in [4.69, 9.17) is 9.47 Å². The number of piperidine rings is 2. The summed E-state index contributed by atoms with van der Waals surface area (Å²) in [5.41, 5.74) is -4.41. The van der Waals surface area contributed by atoms with Crippen LogP contribution in [0.25, 0.3) is 0 Å². The zero-order chi connectivity index (χ0) is 56.8. The SMILES string of the molecule is CCOC(=O)[C@@H]1CCN(C(=O)N(C)Cc2cc(C(F)(F)F)cc(C(F)(F)F)c2)[C@H](c2ccc(F)cc2C)C1.CCOC(=O)[C@H]1CCN(C(=O)N(C)Cc2cc(C(F)(F)F)cc(C(F)(F)F)c2)[C@@H](c2ccc(F)cc2C)C1. The van der Waals surface area contributed by atoms with Gasteiger partial charge in [-0.3, -0.25) is 9.59 Å². The fourth-order valence-electron chi connectivity index (χ4n) is 9.30. The maximum Gasteiger partial charge on any atom is 0.416 e. The molecule has 2 heterocycles. The summed E-state index contributed by atoms with van der Waals surface area (Å²) >= 11 is 0. The van der Waals surface area contributed by atoms with E-state index in [1.807, 2.05) is 0 Å². The highest BCUT2D eigenvalue weighted by molar-refractivity contribution is 5.78. The molecular formula is C52H54F14N4O6. The lowest BCUT2D eigenvalue weighted by molar-refractivity contribution is -0.151. The van der Waals surface area contributed by atoms with Crippen LogP contribution >= 0.6 is 0 Å². The number of esters is 2. The van der Waals surface area contributed by atoms with Gasteiger partial charge in [-0.1, -0.05) is 12.1 Å². The van der Waals surface area contributed by atoms with Gasteiger partial charge >= 0.3 is 48.7 Å². The molecule has 4 atom stereocenters. The number of carbonyl (C=O) groups excluding carboxylic acids is 4. The highest BCUT2D eigenvalue weighted by Crippen LogP contribution is 2.42. The summed E-state index contributed by atoms with van der Waals surface area (Å²) in [5.74, 6) is -2.97. The highest BCUT2D eigenvalue weighted by Gasteiger charge is 2.42. The summed E-state index contributed by atoms with van der Waals surface area (Å²) in [6, 6.07) is 7.61. The molecule has 0 saturated carbocycles. The first kappa shape index (κ1) is 60.2. The second-order valence-corrected chi connectivity index (χ2v) is 18.5. The third-order valence-electron chi connectivity index (χ3n) is 12.9. The highest BCUT2D eigenvalue weighted by atomic mass is 19.4. The molecule has 4 aromatic rings. The molecule has 24 heteroatoms. The van der Waals surface area contributed by atoms with Crippen molar-refractivity contribution in [2.24, 2.45) is 11.8 Å². The van der Waals surface area contributed by atoms with Crippen molar-refractivity contribution in [3.05, 3.63) is 140 Å². The van der Waals surface area contributed by atoms with Gasteiger partial charge in [0.05, 0.1) is 59.4 Å². The summed E-state index contributed by atoms with van der Waals surface area (Å²) in [5, 5.41) is 0. The van der Waals surface area contributed by atoms with Crippen LogP contribution in [0.3, 0.4) is 0 Å². The lowest BCUT2D eigenvalue weighted by atomic mass is 9.85. The Morgan fingerprint density at radius 3 is 1.08 bits per heavy atom. The first-order valence-corrected chi connectivity index (χ1v) is 23.7. The minimum atomic E-state index is -5.02. The molecule has 2 aliphatic heterocycles. The molecule has 2 aliphatic rings. The van der Waals surface area contributed by atoms with E-state index < -0.39 is 120 Å². The van der Waals surface area contributed by atoms with Gasteiger partial charge in [0.1, 0.15) is 11.6 Å². The van der Waals surface area contributed by atoms with Crippen LogP contribution in [-0.2, 0) is 56.9 Å². The maximum absolute atomic E-state index is 13.8. The first-order chi connectivity index (χ1) is 35.2. The summed E-state index contributed by atoms with van der Waals surface area (Å²) in [6.45, 7) is 6.01. The van der Waals surface area contributed by atoms with Crippen molar-refractivity contribution in [1.82, 2.24) is 19.6 Å². The fourth-order valence-corrected chi connectivity index (χ4v) is 9.30. The molecule has 0 radical (unpaired) electrons. The predicted octanol–water partition coefficient (Wildman–Crippen LogP) is 13.5. The van der Waals surface area contributed by atoms with Crippen molar-refractivity contribution in [2.75, 3.05) is 40.4 Å². The van der Waals surface area contributed by atoms with E-state index in [1.165, 1.54) is 60.3 Å². The van der Waals surface area contributed by atoms with Gasteiger partial charge in [-0.15, -0.1) is 0 Å². The topological polar surface area (TPSA) is 99.7 Å². The van der Waals surface area contributed by atoms with Crippen molar-refractivity contribution in [3.63, 3.8) is 0 Å². The minimum Gasteiger partial charge on any atom is -0.466 e. The Balaban J connectivity index is 0.000000281. The number of aryl methyl sites for hydroxylation is 2. The smallest absolute Gasteiger partial charge is 0.416 e. The van der Waals surface area contributed by atoms with Crippen LogP contribution in [0.5, 0.6) is 0 Å². The number of likely N-dealkylation sites (tertiary alicyclic amines) is 2. The van der Waals surface area contributed by atoms with Gasteiger partial charge in [0.15, 0.2) is 0 Å². The number of carbonyl (C=O) groups is 4. The van der Waals surface area contributed by atoms with Crippen LogP contribution in [0.1, 0.15) is 107 Å². The molecule has 4 amide bonds. The molecule has 76 heavy (non-hydrogen) atoms. The van der Waals surface area contributed by atoms with E-state index in [2.05, 4.69) is 0 Å². The molecule has 6 rings (SSSR count). The fraction of sp³-hybridized carbons (Fsp3) is 0.462. The van der Waals surface area contributed by atoms with E-state index in [0.717, 1.165) is 9.80 Å². The minimum absolute atomic E-state index is 0.0266. The Morgan fingerprint density at radius 1 is 0.513 bits per heavy atom. The van der Waals surface area contributed by atoms with Gasteiger partial charge in [-0.05, 0) is 147 Å². The zero-order valence-corrected chi connectivity index (χ0v) is 41.8. The summed E-state index contributed by atoms with van der Waals surface area (Å²) in [6.07, 6.45) is -19.2. The van der Waals surface area contributed by atoms with Crippen molar-refractivity contribution in [2.45, 2.75) is 103 Å². The van der Waals surface area contributed by atoms with Gasteiger partial charge in [0.2, 0.25) is 0 Å². The number of amides is 4. The third-order valence-corrected chi connectivity index (χ3v) is 12.9. The van der Waals surface area contributed by atoms with Crippen molar-refractivity contribution in [1.29, 1.82) is 0 Å². The molecule has 0 bridgehead atoms. The van der Waals surface area contributed by atoms with Crippen LogP contribution < -0.4 is 0 Å². The van der Waals surface area contributed by atoms with Crippen molar-refractivity contribution < 1.29 is 90.1 Å². The molecule has 0 N–H and O–H groups in total. The number of urea groups is 2. The van der Waals surface area contributed by atoms with Gasteiger partial charge in [-0.2, -0.15) is 52.7 Å². The Bertz CT molecular complexity index is 2480. The standard InChI is InChI=1S/2C26H27F7N2O3/c2*1-4-38-23(36)17-7-8-35(22(12-17)21-6-5-20(27)9-15(21)2)24(37)34(3)14-16-10-18(25(28,29)30)13-19(11-16)26(31,32)33/h2*5-6,9-11,13,17,22H,4,7-8,12,14H2,1-3H3/t2*17-,22+/m10/s1. The summed E-state index contributed by atoms with van der Waals surface area (Å²) in [7, 11) is 2.53. The monoisotopic (exact) mass is 1100 g/mol. The number of hydrogen-bond donors (Lipinski definition) is 0. The van der Waals surface area contributed by atoms with Gasteiger partial charge < -0.3 is 29.1 Å². The third kappa shape index (κ3) is 15.3. The van der Waals surface area contributed by atoms with Crippen molar-refractivity contribution in [3.8, 4) is 0 Å². The zero-order valence-electron chi connectivity index (χ0n) is 41.8. The Morgan fingerprint density at radius 2 is 0.816 bits per heavy atom. The number of rotatable bonds is 10. The number of ether oxygens (including phenoxy) is 2. The maximum atomic E-state index is 13.8. The van der Waals surface area contributed by atoms with Gasteiger partial charge in [-0.25, -0.2) is 18.4 Å². The van der Waals surface area contributed by atoms with Crippen LogP contribution in [0.4, 0.5) is 71.1 Å². The average molecular weight is 1100 g/mol. The Hall–Kier alpha value is -6.62. The quantitative estimate of drug-likeness (QED) is 0.116. The Kier molecular flexibility index (Phi) is 19.1. The molecule has 0 unspecified atom stereocenters. The van der Waals surface area contributed by atoms with E-state index in [0.29, 0.717) is 46.5 Å². The normalized spacial score (nSPS) is 18.3. The molecule has 0 spiro atoms. The van der Waals surface area contributed by atoms with Crippen molar-refractivity contribution >= 4 is 24.0 Å². The summed E-state index contributed by atoms with van der Waals surface area (Å²) < 4.78 is 197. The lowest BCUT2D eigenvalue weighted by Crippen LogP contribution is -2.48. The average Bonchev–Trinajstić information content (AvgIpc) is 3.32. The van der Waals surface area contributed by atoms with Crippen LogP contribution in [0.15, 0.2) is 72.8 Å². The van der Waals surface area contributed by atoms with Gasteiger partial charge in [0.25, 0.3) is 0 Å². The largest absolute Gasteiger partial charge is 0.466 e. The molecule has 0 aliphatic carbocycles. The molecular weight excluding hydrogens is 1040 g/mol. The molecule has 10 nitrogen and oxygen atoms in total. The van der Waals surface area contributed by atoms with Gasteiger partial charge in [0, 0.05) is 40.3 Å². The van der Waals surface area contributed by atoms with Crippen LogP contribution in [0, 0.1) is 37.3 Å². The second kappa shape index (κ2) is 24.2. The Labute approximate surface area is 428 Å². The lowest BCUT2D eigenvalue weighted by Gasteiger charge is -2.41. The predicted molar refractivity (Wildman–Crippen MR) is 246 cm³/mol. The molecule has 2 fully saturated rings. The molecule has 416 valence electrons. The first-order valence-electron chi connectivity index (χ1n) is 23.7. The second-order valence-electron chi connectivity index (χ2n) is 18.5. The number of halogens is 14. The van der Waals surface area contributed by atoms with E-state index >= 15 is 0 Å². The molecule has 4 aromatic carbocycles. The summed E-state index contributed by atoms with van der Waals surface area (Å²) in [4.78, 5) is 56.6. The molecule has 0 aromatic heterocycles. The number of alkyl halides is 12. The van der Waals surface area contributed by atoms with E-state index in [9.17, 15) is 80.6 Å². The van der Waals surface area contributed by atoms with E-state index in [-0.39, 0.29) is 75.2 Å². The molecule has 2 saturated heterocycles.